The lowest BCUT2D eigenvalue weighted by Crippen LogP contribution is -2.50. The summed E-state index contributed by atoms with van der Waals surface area (Å²) in [6, 6.07) is 8.40. The van der Waals surface area contributed by atoms with Gasteiger partial charge in [-0.25, -0.2) is 9.59 Å². The van der Waals surface area contributed by atoms with Gasteiger partial charge in [-0.15, -0.1) is 0 Å². The number of benzene rings is 1. The second kappa shape index (κ2) is 7.00. The van der Waals surface area contributed by atoms with E-state index in [0.717, 1.165) is 19.3 Å². The molecular weight excluding hydrogens is 336 g/mol. The summed E-state index contributed by atoms with van der Waals surface area (Å²) in [4.78, 5) is 36.3. The third kappa shape index (κ3) is 3.31. The van der Waals surface area contributed by atoms with Gasteiger partial charge in [0, 0.05) is 11.6 Å². The first kappa shape index (κ1) is 17.7. The third-order valence-electron chi connectivity index (χ3n) is 4.76. The molecule has 2 N–H and O–H groups in total. The highest BCUT2D eigenvalue weighted by Gasteiger charge is 2.45. The van der Waals surface area contributed by atoms with Gasteiger partial charge in [0.25, 0.3) is 5.91 Å². The largest absolute Gasteiger partial charge is 0.446 e. The van der Waals surface area contributed by atoms with E-state index in [4.69, 9.17) is 20.5 Å². The first-order chi connectivity index (χ1) is 12.4. The van der Waals surface area contributed by atoms with E-state index in [1.807, 2.05) is 6.07 Å². The van der Waals surface area contributed by atoms with Gasteiger partial charge in [-0.1, -0.05) is 18.6 Å². The Kier molecular flexibility index (Phi) is 4.76. The minimum atomic E-state index is -1.35. The molecule has 2 aliphatic rings. The smallest absolute Gasteiger partial charge is 0.353 e. The normalized spacial score (nSPS) is 21.3. The van der Waals surface area contributed by atoms with E-state index < -0.39 is 29.6 Å². The highest BCUT2D eigenvalue weighted by Crippen LogP contribution is 2.34. The van der Waals surface area contributed by atoms with Crippen LogP contribution < -0.4 is 5.73 Å². The molecule has 134 valence electrons. The van der Waals surface area contributed by atoms with Gasteiger partial charge in [-0.3, -0.25) is 4.79 Å². The number of esters is 2. The van der Waals surface area contributed by atoms with E-state index in [9.17, 15) is 14.4 Å². The van der Waals surface area contributed by atoms with E-state index in [-0.39, 0.29) is 0 Å². The Morgan fingerprint density at radius 1 is 1.19 bits per heavy atom. The minimum Gasteiger partial charge on any atom is -0.446 e. The number of carbonyl (C=O) groups excluding carboxylic acids is 3. The summed E-state index contributed by atoms with van der Waals surface area (Å²) < 4.78 is 10.6. The second-order valence-corrected chi connectivity index (χ2v) is 6.45. The number of hydrogen-bond acceptors (Lipinski definition) is 6. The molecule has 1 heterocycles. The number of amides is 1. The zero-order valence-electron chi connectivity index (χ0n) is 14.1. The van der Waals surface area contributed by atoms with Crippen LogP contribution in [0.1, 0.15) is 43.2 Å². The molecule has 0 radical (unpaired) electrons. The van der Waals surface area contributed by atoms with Crippen molar-refractivity contribution in [3.63, 3.8) is 0 Å². The number of cyclic esters (lactones) is 1. The van der Waals surface area contributed by atoms with Crippen molar-refractivity contribution in [3.05, 3.63) is 41.5 Å². The fraction of sp³-hybridized carbons (Fsp3) is 0.368. The first-order valence-electron chi connectivity index (χ1n) is 8.41. The van der Waals surface area contributed by atoms with Crippen LogP contribution in [0.25, 0.3) is 5.57 Å². The van der Waals surface area contributed by atoms with Crippen LogP contribution in [-0.4, -0.2) is 29.6 Å². The lowest BCUT2D eigenvalue weighted by molar-refractivity contribution is -0.179. The average Bonchev–Trinajstić information content (AvgIpc) is 3.04. The van der Waals surface area contributed by atoms with Gasteiger partial charge in [0.1, 0.15) is 0 Å². The summed E-state index contributed by atoms with van der Waals surface area (Å²) in [5.41, 5.74) is 5.49. The highest BCUT2D eigenvalue weighted by atomic mass is 16.6. The van der Waals surface area contributed by atoms with E-state index in [1.54, 1.807) is 24.3 Å². The Morgan fingerprint density at radius 3 is 2.42 bits per heavy atom. The van der Waals surface area contributed by atoms with Crippen molar-refractivity contribution in [2.75, 3.05) is 0 Å². The number of primary amides is 1. The van der Waals surface area contributed by atoms with Crippen LogP contribution in [0.5, 0.6) is 0 Å². The summed E-state index contributed by atoms with van der Waals surface area (Å²) in [5, 5.41) is 8.88. The van der Waals surface area contributed by atoms with Crippen molar-refractivity contribution in [1.82, 2.24) is 0 Å². The molecule has 1 unspecified atom stereocenters. The molecule has 3 rings (SSSR count). The van der Waals surface area contributed by atoms with Crippen molar-refractivity contribution in [1.29, 1.82) is 5.26 Å². The Balaban J connectivity index is 1.83. The number of rotatable bonds is 4. The average molecular weight is 354 g/mol. The number of carbonyl (C=O) groups is 3. The molecule has 1 aromatic carbocycles. The zero-order valence-corrected chi connectivity index (χ0v) is 14.1. The molecule has 1 aliphatic heterocycles. The summed E-state index contributed by atoms with van der Waals surface area (Å²) in [7, 11) is 0. The highest BCUT2D eigenvalue weighted by molar-refractivity contribution is 6.06. The van der Waals surface area contributed by atoms with Crippen LogP contribution in [0.3, 0.4) is 0 Å². The maximum atomic E-state index is 12.7. The number of nitrogens with zero attached hydrogens (tertiary/aromatic N) is 1. The van der Waals surface area contributed by atoms with Gasteiger partial charge in [0.15, 0.2) is 5.60 Å². The Bertz CT molecular complexity index is 813. The molecule has 7 nitrogen and oxygen atoms in total. The Morgan fingerprint density at radius 2 is 1.85 bits per heavy atom. The van der Waals surface area contributed by atoms with Crippen molar-refractivity contribution < 1.29 is 23.9 Å². The molecule has 0 bridgehead atoms. The maximum absolute atomic E-state index is 12.7. The van der Waals surface area contributed by atoms with E-state index in [0.29, 0.717) is 29.5 Å². The van der Waals surface area contributed by atoms with Crippen LogP contribution >= 0.6 is 0 Å². The van der Waals surface area contributed by atoms with E-state index in [1.165, 1.54) is 6.08 Å². The number of nitriles is 1. The van der Waals surface area contributed by atoms with E-state index in [2.05, 4.69) is 0 Å². The molecule has 1 atom stereocenters. The summed E-state index contributed by atoms with van der Waals surface area (Å²) in [6.45, 7) is 0. The molecule has 26 heavy (non-hydrogen) atoms. The van der Waals surface area contributed by atoms with Gasteiger partial charge >= 0.3 is 11.9 Å². The molecule has 1 saturated carbocycles. The lowest BCUT2D eigenvalue weighted by atomic mass is 9.84. The molecule has 0 saturated heterocycles. The lowest BCUT2D eigenvalue weighted by Gasteiger charge is -2.34. The van der Waals surface area contributed by atoms with Gasteiger partial charge in [0.05, 0.1) is 11.6 Å². The molecular formula is C19H18N2O5. The quantitative estimate of drug-likeness (QED) is 0.820. The fourth-order valence-corrected chi connectivity index (χ4v) is 3.33. The van der Waals surface area contributed by atoms with Gasteiger partial charge in [0.2, 0.25) is 6.10 Å². The van der Waals surface area contributed by atoms with Crippen LogP contribution in [0.15, 0.2) is 30.3 Å². The predicted octanol–water partition coefficient (Wildman–Crippen LogP) is 1.60. The zero-order chi connectivity index (χ0) is 18.7. The number of hydrogen-bond donors (Lipinski definition) is 1. The van der Waals surface area contributed by atoms with Crippen molar-refractivity contribution in [2.24, 2.45) is 5.73 Å². The van der Waals surface area contributed by atoms with Gasteiger partial charge in [-0.2, -0.15) is 5.26 Å². The van der Waals surface area contributed by atoms with Crippen LogP contribution in [0, 0.1) is 11.3 Å². The second-order valence-electron chi connectivity index (χ2n) is 6.45. The molecule has 1 aromatic rings. The monoisotopic (exact) mass is 354 g/mol. The topological polar surface area (TPSA) is 119 Å². The summed E-state index contributed by atoms with van der Waals surface area (Å²) in [5.74, 6) is -2.16. The van der Waals surface area contributed by atoms with Gasteiger partial charge in [-0.05, 0) is 43.4 Å². The van der Waals surface area contributed by atoms with E-state index >= 15 is 0 Å². The van der Waals surface area contributed by atoms with Crippen molar-refractivity contribution in [2.45, 2.75) is 43.8 Å². The maximum Gasteiger partial charge on any atom is 0.353 e. The Labute approximate surface area is 150 Å². The molecule has 7 heteroatoms. The predicted molar refractivity (Wildman–Crippen MR) is 90.1 cm³/mol. The third-order valence-corrected chi connectivity index (χ3v) is 4.76. The first-order valence-corrected chi connectivity index (χ1v) is 8.41. The number of ether oxygens (including phenoxy) is 2. The molecule has 1 amide bonds. The fourth-order valence-electron chi connectivity index (χ4n) is 3.33. The van der Waals surface area contributed by atoms with Gasteiger partial charge < -0.3 is 15.2 Å². The SMILES string of the molecule is N#Cc1ccc(C2=CC(=O)OC2C(=O)OC2(C(N)=O)CCCCC2)cc1. The van der Waals surface area contributed by atoms with Crippen LogP contribution in [0.4, 0.5) is 0 Å². The van der Waals surface area contributed by atoms with Crippen LogP contribution in [0.2, 0.25) is 0 Å². The van der Waals surface area contributed by atoms with Crippen molar-refractivity contribution in [3.8, 4) is 6.07 Å². The minimum absolute atomic E-state index is 0.333. The summed E-state index contributed by atoms with van der Waals surface area (Å²) >= 11 is 0. The molecule has 0 spiro atoms. The number of nitrogens with two attached hydrogens (primary N) is 1. The summed E-state index contributed by atoms with van der Waals surface area (Å²) in [6.07, 6.45) is 3.10. The Hall–Kier alpha value is -3.14. The molecule has 0 aromatic heterocycles. The molecule has 1 aliphatic carbocycles. The standard InChI is InChI=1S/C19H18N2O5/c20-11-12-4-6-13(7-5-12)14-10-15(22)25-16(14)17(23)26-19(18(21)24)8-2-1-3-9-19/h4-7,10,16H,1-3,8-9H2,(H2,21,24). The van der Waals surface area contributed by atoms with Crippen LogP contribution in [-0.2, 0) is 23.9 Å². The molecule has 1 fully saturated rings. The van der Waals surface area contributed by atoms with Crippen molar-refractivity contribution >= 4 is 23.4 Å².